The van der Waals surface area contributed by atoms with Crippen LogP contribution in [-0.2, 0) is 19.0 Å². The number of hydrogen-bond acceptors (Lipinski definition) is 5. The predicted molar refractivity (Wildman–Crippen MR) is 53.5 cm³/mol. The highest BCUT2D eigenvalue weighted by atomic mass is 16.5. The molecule has 1 rings (SSSR count). The van der Waals surface area contributed by atoms with Crippen molar-refractivity contribution in [2.24, 2.45) is 0 Å². The van der Waals surface area contributed by atoms with Crippen molar-refractivity contribution in [1.29, 1.82) is 0 Å². The van der Waals surface area contributed by atoms with Crippen molar-refractivity contribution in [2.45, 2.75) is 13.3 Å². The van der Waals surface area contributed by atoms with E-state index in [-0.39, 0.29) is 5.97 Å². The van der Waals surface area contributed by atoms with Crippen LogP contribution in [0.4, 0.5) is 0 Å². The Labute approximate surface area is 88.7 Å². The Morgan fingerprint density at radius 2 is 2.20 bits per heavy atom. The maximum atomic E-state index is 11.5. The van der Waals surface area contributed by atoms with Gasteiger partial charge in [0.2, 0.25) is 5.88 Å². The lowest BCUT2D eigenvalue weighted by Crippen LogP contribution is -2.25. The molecule has 0 saturated heterocycles. The molecule has 1 N–H and O–H groups in total. The molecule has 84 valence electrons. The van der Waals surface area contributed by atoms with Gasteiger partial charge in [0.1, 0.15) is 5.57 Å². The molecule has 1 aliphatic heterocycles. The number of hydrogen-bond donors (Lipinski definition) is 1. The van der Waals surface area contributed by atoms with Gasteiger partial charge in [-0.2, -0.15) is 0 Å². The van der Waals surface area contributed by atoms with Gasteiger partial charge >= 0.3 is 5.97 Å². The molecule has 0 unspecified atom stereocenters. The fourth-order valence-corrected chi connectivity index (χ4v) is 1.23. The highest BCUT2D eigenvalue weighted by Crippen LogP contribution is 2.18. The molecule has 0 aromatic heterocycles. The molecule has 0 radical (unpaired) electrons. The summed E-state index contributed by atoms with van der Waals surface area (Å²) in [5.41, 5.74) is 0.472. The third kappa shape index (κ3) is 2.65. The van der Waals surface area contributed by atoms with Gasteiger partial charge in [0.05, 0.1) is 20.8 Å². The molecular formula is C10H15NO4. The van der Waals surface area contributed by atoms with E-state index in [1.165, 1.54) is 7.11 Å². The molecule has 15 heavy (non-hydrogen) atoms. The van der Waals surface area contributed by atoms with E-state index in [0.717, 1.165) is 0 Å². The number of esters is 1. The Morgan fingerprint density at radius 3 is 2.73 bits per heavy atom. The first kappa shape index (κ1) is 11.4. The molecule has 0 aromatic carbocycles. The second-order valence-corrected chi connectivity index (χ2v) is 2.83. The largest absolute Gasteiger partial charge is 0.482 e. The van der Waals surface area contributed by atoms with E-state index in [1.54, 1.807) is 20.1 Å². The van der Waals surface area contributed by atoms with Crippen LogP contribution in [0, 0.1) is 0 Å². The van der Waals surface area contributed by atoms with Crippen LogP contribution < -0.4 is 5.32 Å². The molecule has 5 nitrogen and oxygen atoms in total. The summed E-state index contributed by atoms with van der Waals surface area (Å²) >= 11 is 0. The van der Waals surface area contributed by atoms with E-state index in [4.69, 9.17) is 14.2 Å². The van der Waals surface area contributed by atoms with Crippen LogP contribution in [0.3, 0.4) is 0 Å². The summed E-state index contributed by atoms with van der Waals surface area (Å²) in [6.45, 7) is 2.11. The van der Waals surface area contributed by atoms with E-state index >= 15 is 0 Å². The van der Waals surface area contributed by atoms with Gasteiger partial charge in [-0.3, -0.25) is 5.32 Å². The zero-order valence-corrected chi connectivity index (χ0v) is 9.12. The van der Waals surface area contributed by atoms with Crippen LogP contribution in [0.2, 0.25) is 0 Å². The summed E-state index contributed by atoms with van der Waals surface area (Å²) in [6.07, 6.45) is 2.20. The normalized spacial score (nSPS) is 15.3. The fourth-order valence-electron chi connectivity index (χ4n) is 1.23. The summed E-state index contributed by atoms with van der Waals surface area (Å²) in [5.74, 6) is 0.584. The highest BCUT2D eigenvalue weighted by molar-refractivity contribution is 5.89. The quantitative estimate of drug-likeness (QED) is 0.703. The average Bonchev–Trinajstić information content (AvgIpc) is 2.28. The minimum Gasteiger partial charge on any atom is -0.482 e. The van der Waals surface area contributed by atoms with Crippen LogP contribution in [0.25, 0.3) is 0 Å². The SMILES string of the molecule is CCOC(=O)C1=C(OC)NC(OC)=CC1. The number of carbonyl (C=O) groups is 1. The molecule has 1 aliphatic rings. The third-order valence-electron chi connectivity index (χ3n) is 1.95. The number of ether oxygens (including phenoxy) is 3. The topological polar surface area (TPSA) is 56.8 Å². The maximum Gasteiger partial charge on any atom is 0.339 e. The fraction of sp³-hybridized carbons (Fsp3) is 0.500. The number of carbonyl (C=O) groups excluding carboxylic acids is 1. The first-order chi connectivity index (χ1) is 7.22. The number of rotatable bonds is 4. The van der Waals surface area contributed by atoms with Gasteiger partial charge in [0.15, 0.2) is 5.88 Å². The second kappa shape index (κ2) is 5.29. The van der Waals surface area contributed by atoms with Crippen LogP contribution in [0.1, 0.15) is 13.3 Å². The molecule has 0 aliphatic carbocycles. The number of allylic oxidation sites excluding steroid dienone is 1. The highest BCUT2D eigenvalue weighted by Gasteiger charge is 2.21. The van der Waals surface area contributed by atoms with Crippen LogP contribution in [-0.4, -0.2) is 26.8 Å². The van der Waals surface area contributed by atoms with Gasteiger partial charge < -0.3 is 14.2 Å². The molecule has 0 atom stereocenters. The average molecular weight is 213 g/mol. The van der Waals surface area contributed by atoms with E-state index in [0.29, 0.717) is 30.4 Å². The molecular weight excluding hydrogens is 198 g/mol. The minimum absolute atomic E-state index is 0.347. The van der Waals surface area contributed by atoms with E-state index in [9.17, 15) is 4.79 Å². The van der Waals surface area contributed by atoms with E-state index in [1.807, 2.05) is 0 Å². The zero-order chi connectivity index (χ0) is 11.3. The number of methoxy groups -OCH3 is 2. The maximum absolute atomic E-state index is 11.5. The van der Waals surface area contributed by atoms with Crippen molar-refractivity contribution in [2.75, 3.05) is 20.8 Å². The van der Waals surface area contributed by atoms with Crippen molar-refractivity contribution in [3.63, 3.8) is 0 Å². The molecule has 0 bridgehead atoms. The van der Waals surface area contributed by atoms with Crippen molar-refractivity contribution in [3.05, 3.63) is 23.4 Å². The lowest BCUT2D eigenvalue weighted by Gasteiger charge is -2.19. The van der Waals surface area contributed by atoms with Gasteiger partial charge in [0, 0.05) is 6.42 Å². The summed E-state index contributed by atoms with van der Waals surface area (Å²) in [4.78, 5) is 11.5. The zero-order valence-electron chi connectivity index (χ0n) is 9.12. The molecule has 0 fully saturated rings. The lowest BCUT2D eigenvalue weighted by atomic mass is 10.1. The van der Waals surface area contributed by atoms with Gasteiger partial charge in [-0.25, -0.2) is 4.79 Å². The first-order valence-electron chi connectivity index (χ1n) is 4.68. The third-order valence-corrected chi connectivity index (χ3v) is 1.95. The smallest absolute Gasteiger partial charge is 0.339 e. The lowest BCUT2D eigenvalue weighted by molar-refractivity contribution is -0.138. The van der Waals surface area contributed by atoms with E-state index in [2.05, 4.69) is 5.32 Å². The molecule has 1 heterocycles. The molecule has 5 heteroatoms. The predicted octanol–water partition coefficient (Wildman–Crippen LogP) is 0.889. The van der Waals surface area contributed by atoms with E-state index < -0.39 is 0 Å². The minimum atomic E-state index is -0.367. The number of dihydropyridines is 1. The van der Waals surface area contributed by atoms with Crippen molar-refractivity contribution < 1.29 is 19.0 Å². The van der Waals surface area contributed by atoms with Crippen LogP contribution in [0.5, 0.6) is 0 Å². The molecule has 0 amide bonds. The Bertz CT molecular complexity index is 307. The molecule has 0 spiro atoms. The Morgan fingerprint density at radius 1 is 1.47 bits per heavy atom. The van der Waals surface area contributed by atoms with Crippen LogP contribution >= 0.6 is 0 Å². The summed E-state index contributed by atoms with van der Waals surface area (Å²) < 4.78 is 14.9. The van der Waals surface area contributed by atoms with Crippen molar-refractivity contribution in [3.8, 4) is 0 Å². The van der Waals surface area contributed by atoms with Crippen molar-refractivity contribution >= 4 is 5.97 Å². The Balaban J connectivity index is 2.78. The monoisotopic (exact) mass is 213 g/mol. The van der Waals surface area contributed by atoms with Gasteiger partial charge in [0.25, 0.3) is 0 Å². The molecule has 0 saturated carbocycles. The number of nitrogens with one attached hydrogen (secondary N) is 1. The Hall–Kier alpha value is -1.65. The van der Waals surface area contributed by atoms with Gasteiger partial charge in [-0.15, -0.1) is 0 Å². The Kier molecular flexibility index (Phi) is 4.03. The summed E-state index contributed by atoms with van der Waals surface area (Å²) in [5, 5.41) is 2.84. The van der Waals surface area contributed by atoms with Crippen molar-refractivity contribution in [1.82, 2.24) is 5.32 Å². The standard InChI is InChI=1S/C10H15NO4/c1-4-15-10(12)7-5-6-8(13-2)11-9(7)14-3/h6,11H,4-5H2,1-3H3. The van der Waals surface area contributed by atoms with Gasteiger partial charge in [-0.05, 0) is 13.0 Å². The summed E-state index contributed by atoms with van der Waals surface area (Å²) in [6, 6.07) is 0. The second-order valence-electron chi connectivity index (χ2n) is 2.83. The summed E-state index contributed by atoms with van der Waals surface area (Å²) in [7, 11) is 3.03. The van der Waals surface area contributed by atoms with Gasteiger partial charge in [-0.1, -0.05) is 0 Å². The van der Waals surface area contributed by atoms with Crippen LogP contribution in [0.15, 0.2) is 23.4 Å². The first-order valence-corrected chi connectivity index (χ1v) is 4.68. The molecule has 0 aromatic rings.